The molecular formula is C10H15N3O4. The number of H-pyrrole nitrogens is 1. The SMILES string of the molecule is O=C(NCCCOCCO)c1c[nH]c(=O)cn1. The van der Waals surface area contributed by atoms with Gasteiger partial charge in [0.1, 0.15) is 5.69 Å². The van der Waals surface area contributed by atoms with Crippen LogP contribution < -0.4 is 10.9 Å². The molecule has 0 aromatic carbocycles. The zero-order valence-electron chi connectivity index (χ0n) is 9.31. The summed E-state index contributed by atoms with van der Waals surface area (Å²) >= 11 is 0. The summed E-state index contributed by atoms with van der Waals surface area (Å²) in [6.07, 6.45) is 2.97. The van der Waals surface area contributed by atoms with Gasteiger partial charge in [-0.2, -0.15) is 0 Å². The molecule has 7 nitrogen and oxygen atoms in total. The van der Waals surface area contributed by atoms with Gasteiger partial charge in [-0.25, -0.2) is 4.98 Å². The Labute approximate surface area is 97.8 Å². The number of nitrogens with one attached hydrogen (secondary N) is 2. The molecule has 1 amide bonds. The minimum Gasteiger partial charge on any atom is -0.394 e. The lowest BCUT2D eigenvalue weighted by molar-refractivity contribution is 0.0865. The minimum atomic E-state index is -0.348. The Hall–Kier alpha value is -1.73. The van der Waals surface area contributed by atoms with Gasteiger partial charge in [0.05, 0.1) is 19.4 Å². The van der Waals surface area contributed by atoms with Gasteiger partial charge in [-0.1, -0.05) is 0 Å². The monoisotopic (exact) mass is 241 g/mol. The number of rotatable bonds is 7. The van der Waals surface area contributed by atoms with Crippen molar-refractivity contribution in [2.45, 2.75) is 6.42 Å². The van der Waals surface area contributed by atoms with Crippen molar-refractivity contribution in [2.75, 3.05) is 26.4 Å². The molecule has 0 fully saturated rings. The van der Waals surface area contributed by atoms with E-state index in [1.807, 2.05) is 0 Å². The van der Waals surface area contributed by atoms with Crippen molar-refractivity contribution in [3.8, 4) is 0 Å². The first kappa shape index (κ1) is 13.3. The summed E-state index contributed by atoms with van der Waals surface area (Å²) in [5.74, 6) is -0.344. The smallest absolute Gasteiger partial charge is 0.271 e. The van der Waals surface area contributed by atoms with Gasteiger partial charge in [0, 0.05) is 19.3 Å². The molecule has 7 heteroatoms. The summed E-state index contributed by atoms with van der Waals surface area (Å²) in [7, 11) is 0. The fourth-order valence-electron chi connectivity index (χ4n) is 1.10. The molecule has 3 N–H and O–H groups in total. The minimum absolute atomic E-state index is 0.00629. The van der Waals surface area contributed by atoms with Crippen LogP contribution >= 0.6 is 0 Å². The zero-order chi connectivity index (χ0) is 12.5. The fraction of sp³-hybridized carbons (Fsp3) is 0.500. The molecule has 17 heavy (non-hydrogen) atoms. The highest BCUT2D eigenvalue weighted by molar-refractivity contribution is 5.91. The number of carbonyl (C=O) groups excluding carboxylic acids is 1. The van der Waals surface area contributed by atoms with E-state index in [4.69, 9.17) is 9.84 Å². The third-order valence-electron chi connectivity index (χ3n) is 1.89. The molecule has 1 aromatic heterocycles. The number of amides is 1. The van der Waals surface area contributed by atoms with Gasteiger partial charge in [-0.15, -0.1) is 0 Å². The van der Waals surface area contributed by atoms with Crippen LogP contribution in [-0.4, -0.2) is 47.3 Å². The van der Waals surface area contributed by atoms with Gasteiger partial charge < -0.3 is 20.1 Å². The standard InChI is InChI=1S/C10H15N3O4/c14-3-5-17-4-1-2-11-10(16)8-6-13-9(15)7-12-8/h6-7,14H,1-5H2,(H,11,16)(H,13,15). The van der Waals surface area contributed by atoms with Crippen molar-refractivity contribution in [1.29, 1.82) is 0 Å². The van der Waals surface area contributed by atoms with Crippen LogP contribution in [0, 0.1) is 0 Å². The third-order valence-corrected chi connectivity index (χ3v) is 1.89. The zero-order valence-corrected chi connectivity index (χ0v) is 9.31. The van der Waals surface area contributed by atoms with Crippen LogP contribution in [0.15, 0.2) is 17.2 Å². The molecule has 0 aliphatic carbocycles. The van der Waals surface area contributed by atoms with Crippen LogP contribution in [0.25, 0.3) is 0 Å². The molecule has 0 saturated carbocycles. The lowest BCUT2D eigenvalue weighted by atomic mass is 10.4. The van der Waals surface area contributed by atoms with Gasteiger partial charge in [0.2, 0.25) is 0 Å². The number of aromatic nitrogens is 2. The van der Waals surface area contributed by atoms with Gasteiger partial charge in [0.25, 0.3) is 11.5 Å². The first-order valence-electron chi connectivity index (χ1n) is 5.25. The molecular weight excluding hydrogens is 226 g/mol. The fourth-order valence-corrected chi connectivity index (χ4v) is 1.10. The lowest BCUT2D eigenvalue weighted by Gasteiger charge is -2.04. The second-order valence-corrected chi connectivity index (χ2v) is 3.24. The molecule has 0 radical (unpaired) electrons. The van der Waals surface area contributed by atoms with E-state index in [0.717, 1.165) is 6.20 Å². The summed E-state index contributed by atoms with van der Waals surface area (Å²) in [5, 5.41) is 11.1. The van der Waals surface area contributed by atoms with E-state index in [-0.39, 0.29) is 23.8 Å². The number of hydrogen-bond donors (Lipinski definition) is 3. The first-order valence-corrected chi connectivity index (χ1v) is 5.25. The van der Waals surface area contributed by atoms with Gasteiger partial charge >= 0.3 is 0 Å². The average Bonchev–Trinajstić information content (AvgIpc) is 2.34. The second-order valence-electron chi connectivity index (χ2n) is 3.24. The predicted molar refractivity (Wildman–Crippen MR) is 59.7 cm³/mol. The normalized spacial score (nSPS) is 10.2. The highest BCUT2D eigenvalue weighted by Gasteiger charge is 2.05. The van der Waals surface area contributed by atoms with Crippen LogP contribution in [-0.2, 0) is 4.74 Å². The highest BCUT2D eigenvalue weighted by Crippen LogP contribution is 1.88. The molecule has 0 saturated heterocycles. The molecule has 94 valence electrons. The van der Waals surface area contributed by atoms with Crippen molar-refractivity contribution in [3.63, 3.8) is 0 Å². The van der Waals surface area contributed by atoms with Crippen LogP contribution in [0.4, 0.5) is 0 Å². The second kappa shape index (κ2) is 7.53. The summed E-state index contributed by atoms with van der Waals surface area (Å²) in [4.78, 5) is 28.2. The summed E-state index contributed by atoms with van der Waals surface area (Å²) in [5.41, 5.74) is -0.181. The molecule has 1 rings (SSSR count). The average molecular weight is 241 g/mol. The van der Waals surface area contributed by atoms with E-state index in [1.54, 1.807) is 0 Å². The summed E-state index contributed by atoms with van der Waals surface area (Å²) in [6.45, 7) is 1.22. The van der Waals surface area contributed by atoms with Crippen molar-refractivity contribution in [3.05, 3.63) is 28.4 Å². The molecule has 0 aliphatic heterocycles. The maximum Gasteiger partial charge on any atom is 0.271 e. The van der Waals surface area contributed by atoms with E-state index < -0.39 is 0 Å². The topological polar surface area (TPSA) is 104 Å². The van der Waals surface area contributed by atoms with Crippen LogP contribution in [0.5, 0.6) is 0 Å². The van der Waals surface area contributed by atoms with E-state index in [9.17, 15) is 9.59 Å². The lowest BCUT2D eigenvalue weighted by Crippen LogP contribution is -2.27. The Balaban J connectivity index is 2.21. The number of aliphatic hydroxyl groups excluding tert-OH is 1. The third kappa shape index (κ3) is 5.23. The number of aliphatic hydroxyl groups is 1. The van der Waals surface area contributed by atoms with Crippen LogP contribution in [0.3, 0.4) is 0 Å². The maximum absolute atomic E-state index is 11.5. The van der Waals surface area contributed by atoms with Gasteiger partial charge in [0.15, 0.2) is 0 Å². The molecule has 1 aromatic rings. The number of carbonyl (C=O) groups is 1. The van der Waals surface area contributed by atoms with E-state index in [2.05, 4.69) is 15.3 Å². The van der Waals surface area contributed by atoms with Gasteiger partial charge in [-0.05, 0) is 6.42 Å². The van der Waals surface area contributed by atoms with E-state index in [0.29, 0.717) is 26.2 Å². The molecule has 1 heterocycles. The van der Waals surface area contributed by atoms with E-state index in [1.165, 1.54) is 6.20 Å². The highest BCUT2D eigenvalue weighted by atomic mass is 16.5. The predicted octanol–water partition coefficient (Wildman–Crippen LogP) is -1.10. The number of ether oxygens (including phenoxy) is 1. The largest absolute Gasteiger partial charge is 0.394 e. The van der Waals surface area contributed by atoms with E-state index >= 15 is 0 Å². The van der Waals surface area contributed by atoms with Crippen LogP contribution in [0.1, 0.15) is 16.9 Å². The Morgan fingerprint density at radius 2 is 2.35 bits per heavy atom. The molecule has 0 aliphatic rings. The van der Waals surface area contributed by atoms with Crippen molar-refractivity contribution < 1.29 is 14.6 Å². The van der Waals surface area contributed by atoms with Crippen molar-refractivity contribution >= 4 is 5.91 Å². The Morgan fingerprint density at radius 1 is 1.53 bits per heavy atom. The summed E-state index contributed by atoms with van der Waals surface area (Å²) in [6, 6.07) is 0. The maximum atomic E-state index is 11.5. The Morgan fingerprint density at radius 3 is 3.00 bits per heavy atom. The first-order chi connectivity index (χ1) is 8.24. The Kier molecular flexibility index (Phi) is 5.91. The van der Waals surface area contributed by atoms with Crippen LogP contribution in [0.2, 0.25) is 0 Å². The van der Waals surface area contributed by atoms with Gasteiger partial charge in [-0.3, -0.25) is 9.59 Å². The quantitative estimate of drug-likeness (QED) is 0.525. The molecule has 0 bridgehead atoms. The Bertz CT molecular complexity index is 384. The number of nitrogens with zero attached hydrogens (tertiary/aromatic N) is 1. The molecule has 0 spiro atoms. The number of aromatic amines is 1. The number of hydrogen-bond acceptors (Lipinski definition) is 5. The summed E-state index contributed by atoms with van der Waals surface area (Å²) < 4.78 is 5.02. The molecule has 0 atom stereocenters. The molecule has 0 unspecified atom stereocenters. The van der Waals surface area contributed by atoms with Crippen molar-refractivity contribution in [1.82, 2.24) is 15.3 Å². The van der Waals surface area contributed by atoms with Crippen molar-refractivity contribution in [2.24, 2.45) is 0 Å².